The van der Waals surface area contributed by atoms with Crippen LogP contribution in [0, 0.1) is 13.8 Å². The van der Waals surface area contributed by atoms with Crippen LogP contribution in [0.25, 0.3) is 0 Å². The molecule has 0 spiro atoms. The fourth-order valence-electron chi connectivity index (χ4n) is 3.52. The number of aromatic amines is 2. The number of carbonyl (C=O) groups is 3. The molecule has 0 aliphatic rings. The van der Waals surface area contributed by atoms with E-state index in [1.54, 1.807) is 32.7 Å². The van der Waals surface area contributed by atoms with Gasteiger partial charge in [-0.3, -0.25) is 40.4 Å². The fraction of sp³-hybridized carbons (Fsp3) is 0.560. The summed E-state index contributed by atoms with van der Waals surface area (Å²) in [5.74, 6) is 0.0600. The van der Waals surface area contributed by atoms with Crippen LogP contribution in [-0.4, -0.2) is 106 Å². The summed E-state index contributed by atoms with van der Waals surface area (Å²) in [5, 5.41) is 25.5. The molecule has 4 amide bonds. The van der Waals surface area contributed by atoms with E-state index < -0.39 is 35.8 Å². The number of hydrogen-bond acceptors (Lipinski definition) is 13. The van der Waals surface area contributed by atoms with Gasteiger partial charge in [0.1, 0.15) is 18.9 Å². The van der Waals surface area contributed by atoms with Gasteiger partial charge >= 0.3 is 18.2 Å². The Bertz CT molecular complexity index is 1380. The monoisotopic (exact) mass is 623 g/mol. The number of nitrogens with zero attached hydrogens (tertiary/aromatic N) is 3. The van der Waals surface area contributed by atoms with Crippen LogP contribution in [0.4, 0.5) is 26.3 Å². The highest BCUT2D eigenvalue weighted by molar-refractivity contribution is 5.88. The smallest absolute Gasteiger partial charge is 0.408 e. The molecule has 0 aliphatic heterocycles. The van der Waals surface area contributed by atoms with Crippen molar-refractivity contribution >= 4 is 30.1 Å². The zero-order valence-electron chi connectivity index (χ0n) is 25.5. The lowest BCUT2D eigenvalue weighted by Crippen LogP contribution is -2.57. The summed E-state index contributed by atoms with van der Waals surface area (Å²) in [7, 11) is 1.75. The number of aliphatic hydroxyl groups excluding tert-OH is 1. The van der Waals surface area contributed by atoms with Crippen molar-refractivity contribution in [3.63, 3.8) is 0 Å². The molecule has 0 radical (unpaired) electrons. The Labute approximate surface area is 252 Å². The number of rotatable bonds is 15. The molecule has 9 N–H and O–H groups in total. The highest BCUT2D eigenvalue weighted by Crippen LogP contribution is 2.01. The van der Waals surface area contributed by atoms with Gasteiger partial charge in [0.25, 0.3) is 11.1 Å². The number of alkyl carbamates (subject to hydrolysis) is 2. The number of ether oxygens (including phenoxy) is 2. The highest BCUT2D eigenvalue weighted by Gasteiger charge is 2.24. The average Bonchev–Trinajstić information content (AvgIpc) is 2.85. The SMILES string of the molecule is Cc1cc(=O)[nH]c(NC(=O)NC(C)(C)NC(=O)OCCN(C)CCOC(=O)NCC(C)NC(O)Nc2nc(C)cc(=O)[nH]2)n1. The van der Waals surface area contributed by atoms with Crippen molar-refractivity contribution in [1.82, 2.24) is 46.1 Å². The van der Waals surface area contributed by atoms with Gasteiger partial charge in [0.05, 0.1) is 0 Å². The number of carbonyl (C=O) groups excluding carboxylic acids is 3. The summed E-state index contributed by atoms with van der Waals surface area (Å²) in [6.07, 6.45) is -2.66. The van der Waals surface area contributed by atoms with E-state index in [1.807, 2.05) is 0 Å². The maximum atomic E-state index is 12.2. The van der Waals surface area contributed by atoms with E-state index in [-0.39, 0.29) is 43.3 Å². The third-order valence-corrected chi connectivity index (χ3v) is 5.49. The second-order valence-corrected chi connectivity index (χ2v) is 10.4. The number of aryl methyl sites for hydroxylation is 2. The van der Waals surface area contributed by atoms with Crippen LogP contribution >= 0.6 is 0 Å². The third-order valence-electron chi connectivity index (χ3n) is 5.49. The summed E-state index contributed by atoms with van der Waals surface area (Å²) in [6.45, 7) is 8.99. The first-order valence-electron chi connectivity index (χ1n) is 13.6. The molecule has 2 atom stereocenters. The van der Waals surface area contributed by atoms with Gasteiger partial charge in [0, 0.05) is 49.2 Å². The Morgan fingerprint density at radius 3 is 2.09 bits per heavy atom. The van der Waals surface area contributed by atoms with Crippen LogP contribution < -0.4 is 43.0 Å². The average molecular weight is 624 g/mol. The molecule has 19 nitrogen and oxygen atoms in total. The van der Waals surface area contributed by atoms with Crippen molar-refractivity contribution in [2.45, 2.75) is 52.7 Å². The van der Waals surface area contributed by atoms with E-state index in [1.165, 1.54) is 26.0 Å². The van der Waals surface area contributed by atoms with Gasteiger partial charge in [-0.05, 0) is 41.7 Å². The number of H-pyrrole nitrogens is 2. The molecular weight excluding hydrogens is 582 g/mol. The zero-order chi connectivity index (χ0) is 32.9. The van der Waals surface area contributed by atoms with E-state index in [9.17, 15) is 29.1 Å². The minimum atomic E-state index is -1.23. The van der Waals surface area contributed by atoms with E-state index >= 15 is 0 Å². The number of urea groups is 1. The summed E-state index contributed by atoms with van der Waals surface area (Å²) >= 11 is 0. The van der Waals surface area contributed by atoms with Gasteiger partial charge < -0.3 is 30.5 Å². The summed E-state index contributed by atoms with van der Waals surface area (Å²) < 4.78 is 10.3. The number of anilines is 2. The quantitative estimate of drug-likeness (QED) is 0.109. The Kier molecular flexibility index (Phi) is 13.5. The summed E-state index contributed by atoms with van der Waals surface area (Å²) in [6, 6.07) is 1.52. The van der Waals surface area contributed by atoms with E-state index in [0.29, 0.717) is 24.5 Å². The largest absolute Gasteiger partial charge is 0.448 e. The van der Waals surface area contributed by atoms with Crippen molar-refractivity contribution in [1.29, 1.82) is 0 Å². The van der Waals surface area contributed by atoms with Crippen LogP contribution in [0.5, 0.6) is 0 Å². The summed E-state index contributed by atoms with van der Waals surface area (Å²) in [4.78, 5) is 74.1. The molecule has 0 fully saturated rings. The third kappa shape index (κ3) is 14.4. The van der Waals surface area contributed by atoms with Crippen molar-refractivity contribution in [3.8, 4) is 0 Å². The van der Waals surface area contributed by atoms with Gasteiger partial charge in [0.15, 0.2) is 6.35 Å². The second kappa shape index (κ2) is 16.8. The Balaban J connectivity index is 1.57. The molecule has 2 aromatic rings. The number of amides is 4. The first kappa shape index (κ1) is 35.4. The van der Waals surface area contributed by atoms with Crippen LogP contribution in [0.3, 0.4) is 0 Å². The fourth-order valence-corrected chi connectivity index (χ4v) is 3.52. The van der Waals surface area contributed by atoms with Crippen molar-refractivity contribution < 1.29 is 29.0 Å². The lowest BCUT2D eigenvalue weighted by Gasteiger charge is -2.27. The molecule has 0 aliphatic carbocycles. The molecule has 19 heteroatoms. The minimum absolute atomic E-state index is 0.0246. The van der Waals surface area contributed by atoms with E-state index in [0.717, 1.165) is 0 Å². The van der Waals surface area contributed by atoms with Gasteiger partial charge in [-0.15, -0.1) is 0 Å². The molecule has 2 rings (SSSR count). The molecule has 2 unspecified atom stereocenters. The van der Waals surface area contributed by atoms with Gasteiger partial charge in [-0.1, -0.05) is 0 Å². The number of aromatic nitrogens is 4. The van der Waals surface area contributed by atoms with E-state index in [4.69, 9.17) is 9.47 Å². The Morgan fingerprint density at radius 2 is 1.50 bits per heavy atom. The normalized spacial score (nSPS) is 12.5. The number of hydrogen-bond donors (Lipinski definition) is 9. The van der Waals surface area contributed by atoms with Crippen molar-refractivity contribution in [3.05, 3.63) is 44.2 Å². The van der Waals surface area contributed by atoms with Crippen LogP contribution in [-0.2, 0) is 9.47 Å². The molecule has 2 heterocycles. The van der Waals surface area contributed by atoms with Gasteiger partial charge in [0.2, 0.25) is 11.9 Å². The predicted octanol–water partition coefficient (Wildman–Crippen LogP) is -0.922. The lowest BCUT2D eigenvalue weighted by atomic mass is 10.2. The predicted molar refractivity (Wildman–Crippen MR) is 159 cm³/mol. The lowest BCUT2D eigenvalue weighted by molar-refractivity contribution is 0.108. The molecular formula is C25H41N11O8. The van der Waals surface area contributed by atoms with Crippen molar-refractivity contribution in [2.24, 2.45) is 0 Å². The second-order valence-electron chi connectivity index (χ2n) is 10.4. The van der Waals surface area contributed by atoms with Gasteiger partial charge in [-0.25, -0.2) is 24.4 Å². The molecule has 2 aromatic heterocycles. The Hall–Kier alpha value is -4.75. The van der Waals surface area contributed by atoms with Crippen LogP contribution in [0.15, 0.2) is 21.7 Å². The van der Waals surface area contributed by atoms with Crippen LogP contribution in [0.1, 0.15) is 32.2 Å². The van der Waals surface area contributed by atoms with Crippen LogP contribution in [0.2, 0.25) is 0 Å². The topological polar surface area (TPSA) is 257 Å². The Morgan fingerprint density at radius 1 is 0.955 bits per heavy atom. The van der Waals surface area contributed by atoms with E-state index in [2.05, 4.69) is 51.8 Å². The minimum Gasteiger partial charge on any atom is -0.448 e. The maximum Gasteiger partial charge on any atom is 0.408 e. The first-order valence-corrected chi connectivity index (χ1v) is 13.6. The molecule has 0 saturated carbocycles. The maximum absolute atomic E-state index is 12.2. The number of aliphatic hydroxyl groups is 1. The first-order chi connectivity index (χ1) is 20.6. The molecule has 0 bridgehead atoms. The standard InChI is InChI=1S/C25H41N11O8/c1-14-11-17(37)30-19(27-14)32-21(39)29-16(3)13-26-23(41)43-9-7-36(6)8-10-44-24(42)35-25(4,5)34-22(40)33-20-28-15(2)12-18(38)31-20/h11-12,16,21,29,39H,7-10,13H2,1-6H3,(H,26,41)(H,35,42)(H2,27,30,32,37)(H3,28,31,33,34,38,40). The number of likely N-dealkylation sites (N-methyl/N-ethyl adjacent to an activating group) is 1. The van der Waals surface area contributed by atoms with Gasteiger partial charge in [-0.2, -0.15) is 0 Å². The molecule has 44 heavy (non-hydrogen) atoms. The highest BCUT2D eigenvalue weighted by atomic mass is 16.6. The van der Waals surface area contributed by atoms with Crippen molar-refractivity contribution in [2.75, 3.05) is 50.5 Å². The molecule has 244 valence electrons. The summed E-state index contributed by atoms with van der Waals surface area (Å²) in [5.41, 5.74) is -1.07. The number of nitrogens with one attached hydrogen (secondary N) is 8. The molecule has 0 aromatic carbocycles. The molecule has 0 saturated heterocycles. The zero-order valence-corrected chi connectivity index (χ0v) is 25.5.